The van der Waals surface area contributed by atoms with Crippen LogP contribution in [0.25, 0.3) is 0 Å². The van der Waals surface area contributed by atoms with Gasteiger partial charge in [-0.05, 0) is 41.7 Å². The first kappa shape index (κ1) is 24.8. The summed E-state index contributed by atoms with van der Waals surface area (Å²) >= 11 is 0. The molecule has 7 nitrogen and oxygen atoms in total. The maximum Gasteiger partial charge on any atom is 0.408 e. The molecule has 0 aliphatic heterocycles. The first-order valence-corrected chi connectivity index (χ1v) is 10.5. The number of rotatable bonds is 10. The number of amides is 2. The van der Waals surface area contributed by atoms with Gasteiger partial charge in [-0.1, -0.05) is 51.1 Å². The third kappa shape index (κ3) is 8.37. The molecule has 0 aromatic heterocycles. The van der Waals surface area contributed by atoms with E-state index in [4.69, 9.17) is 9.47 Å². The number of hydrogen-bond acceptors (Lipinski definition) is 5. The van der Waals surface area contributed by atoms with Crippen LogP contribution in [-0.4, -0.2) is 37.2 Å². The fraction of sp³-hybridized carbons (Fsp3) is 0.375. The van der Waals surface area contributed by atoms with Gasteiger partial charge in [-0.25, -0.2) is 14.0 Å². The van der Waals surface area contributed by atoms with Gasteiger partial charge in [-0.2, -0.15) is 0 Å². The summed E-state index contributed by atoms with van der Waals surface area (Å²) in [5.74, 6) is -1.70. The van der Waals surface area contributed by atoms with Crippen molar-refractivity contribution >= 4 is 18.0 Å². The van der Waals surface area contributed by atoms with Crippen LogP contribution in [-0.2, 0) is 27.3 Å². The molecule has 2 rings (SSSR count). The molecular weight excluding hydrogens is 415 g/mol. The molecule has 0 spiro atoms. The van der Waals surface area contributed by atoms with Gasteiger partial charge in [0.2, 0.25) is 0 Å². The largest absolute Gasteiger partial charge is 0.464 e. The second-order valence-electron chi connectivity index (χ2n) is 7.69. The van der Waals surface area contributed by atoms with Crippen LogP contribution in [0.1, 0.15) is 42.3 Å². The van der Waals surface area contributed by atoms with Gasteiger partial charge in [0.1, 0.15) is 18.5 Å². The average Bonchev–Trinajstić information content (AvgIpc) is 2.78. The second kappa shape index (κ2) is 12.4. The van der Waals surface area contributed by atoms with Gasteiger partial charge in [-0.15, -0.1) is 0 Å². The van der Waals surface area contributed by atoms with Crippen molar-refractivity contribution in [2.75, 3.05) is 13.2 Å². The van der Waals surface area contributed by atoms with Crippen LogP contribution in [0.5, 0.6) is 0 Å². The number of hydrogen-bond donors (Lipinski definition) is 2. The molecule has 0 radical (unpaired) electrons. The van der Waals surface area contributed by atoms with E-state index in [0.717, 1.165) is 11.6 Å². The SMILES string of the molecule is CCc1cc(F)cc(C(=O)NC[C@@H](NC(=O)OCc2ccccc2)C(=O)OCC(C)C)c1. The summed E-state index contributed by atoms with van der Waals surface area (Å²) in [6.07, 6.45) is -0.259. The molecule has 0 fully saturated rings. The third-order valence-electron chi connectivity index (χ3n) is 4.44. The van der Waals surface area contributed by atoms with E-state index in [1.54, 1.807) is 18.2 Å². The van der Waals surface area contributed by atoms with Crippen LogP contribution in [0, 0.1) is 11.7 Å². The fourth-order valence-electron chi connectivity index (χ4n) is 2.73. The van der Waals surface area contributed by atoms with Gasteiger partial charge < -0.3 is 20.1 Å². The summed E-state index contributed by atoms with van der Waals surface area (Å²) in [7, 11) is 0. The van der Waals surface area contributed by atoms with Crippen molar-refractivity contribution in [1.82, 2.24) is 10.6 Å². The fourth-order valence-corrected chi connectivity index (χ4v) is 2.73. The first-order chi connectivity index (χ1) is 15.3. The third-order valence-corrected chi connectivity index (χ3v) is 4.44. The number of alkyl carbamates (subject to hydrolysis) is 1. The molecule has 0 aliphatic rings. The molecule has 32 heavy (non-hydrogen) atoms. The number of carbonyl (C=O) groups excluding carboxylic acids is 3. The molecule has 0 saturated carbocycles. The Balaban J connectivity index is 2.00. The van der Waals surface area contributed by atoms with Crippen LogP contribution in [0.3, 0.4) is 0 Å². The number of nitrogens with one attached hydrogen (secondary N) is 2. The minimum absolute atomic E-state index is 0.0237. The Labute approximate surface area is 187 Å². The standard InChI is InChI=1S/C24H29FN2O5/c1-4-17-10-19(12-20(25)11-17)22(28)26-13-21(23(29)31-14-16(2)3)27-24(30)32-15-18-8-6-5-7-9-18/h5-12,16,21H,4,13-15H2,1-3H3,(H,26,28)(H,27,30)/t21-/m1/s1. The Bertz CT molecular complexity index is 918. The molecule has 0 aliphatic carbocycles. The predicted octanol–water partition coefficient (Wildman–Crippen LogP) is 3.61. The van der Waals surface area contributed by atoms with Crippen LogP contribution < -0.4 is 10.6 Å². The maximum absolute atomic E-state index is 13.7. The highest BCUT2D eigenvalue weighted by molar-refractivity contribution is 5.95. The Morgan fingerprint density at radius 2 is 1.72 bits per heavy atom. The zero-order valence-corrected chi connectivity index (χ0v) is 18.5. The highest BCUT2D eigenvalue weighted by Gasteiger charge is 2.24. The Kier molecular flexibility index (Phi) is 9.66. The molecule has 0 unspecified atom stereocenters. The molecular formula is C24H29FN2O5. The minimum Gasteiger partial charge on any atom is -0.464 e. The molecule has 1 atom stereocenters. The molecule has 8 heteroatoms. The van der Waals surface area contributed by atoms with E-state index in [-0.39, 0.29) is 31.2 Å². The van der Waals surface area contributed by atoms with Crippen molar-refractivity contribution in [3.05, 3.63) is 71.0 Å². The van der Waals surface area contributed by atoms with E-state index in [1.807, 2.05) is 39.0 Å². The summed E-state index contributed by atoms with van der Waals surface area (Å²) < 4.78 is 24.1. The molecule has 0 bridgehead atoms. The number of carbonyl (C=O) groups is 3. The highest BCUT2D eigenvalue weighted by atomic mass is 19.1. The summed E-state index contributed by atoms with van der Waals surface area (Å²) in [6, 6.07) is 11.9. The Morgan fingerprint density at radius 3 is 2.38 bits per heavy atom. The van der Waals surface area contributed by atoms with Gasteiger partial charge in [0.15, 0.2) is 0 Å². The average molecular weight is 445 g/mol. The molecule has 2 aromatic rings. The smallest absolute Gasteiger partial charge is 0.408 e. The van der Waals surface area contributed by atoms with E-state index >= 15 is 0 Å². The van der Waals surface area contributed by atoms with E-state index in [1.165, 1.54) is 6.07 Å². The number of benzene rings is 2. The molecule has 2 N–H and O–H groups in total. The lowest BCUT2D eigenvalue weighted by atomic mass is 10.1. The zero-order chi connectivity index (χ0) is 23.5. The van der Waals surface area contributed by atoms with Gasteiger partial charge >= 0.3 is 12.1 Å². The van der Waals surface area contributed by atoms with Gasteiger partial charge in [0.25, 0.3) is 5.91 Å². The topological polar surface area (TPSA) is 93.7 Å². The molecule has 0 saturated heterocycles. The van der Waals surface area contributed by atoms with E-state index < -0.39 is 29.8 Å². The monoisotopic (exact) mass is 444 g/mol. The molecule has 2 aromatic carbocycles. The van der Waals surface area contributed by atoms with Gasteiger partial charge in [0.05, 0.1) is 6.61 Å². The maximum atomic E-state index is 13.7. The van der Waals surface area contributed by atoms with Gasteiger partial charge in [0, 0.05) is 12.1 Å². The summed E-state index contributed by atoms with van der Waals surface area (Å²) in [5.41, 5.74) is 1.58. The van der Waals surface area contributed by atoms with Crippen molar-refractivity contribution in [3.63, 3.8) is 0 Å². The lowest BCUT2D eigenvalue weighted by Gasteiger charge is -2.19. The van der Waals surface area contributed by atoms with Crippen molar-refractivity contribution in [2.45, 2.75) is 39.8 Å². The van der Waals surface area contributed by atoms with Crippen molar-refractivity contribution in [2.24, 2.45) is 5.92 Å². The number of ether oxygens (including phenoxy) is 2. The van der Waals surface area contributed by atoms with Crippen molar-refractivity contribution in [3.8, 4) is 0 Å². The Morgan fingerprint density at radius 1 is 1.00 bits per heavy atom. The highest BCUT2D eigenvalue weighted by Crippen LogP contribution is 2.10. The molecule has 172 valence electrons. The first-order valence-electron chi connectivity index (χ1n) is 10.5. The lowest BCUT2D eigenvalue weighted by Crippen LogP contribution is -2.49. The normalized spacial score (nSPS) is 11.5. The van der Waals surface area contributed by atoms with Crippen molar-refractivity contribution in [1.29, 1.82) is 0 Å². The van der Waals surface area contributed by atoms with Crippen LogP contribution in [0.15, 0.2) is 48.5 Å². The van der Waals surface area contributed by atoms with E-state index in [2.05, 4.69) is 10.6 Å². The number of halogens is 1. The summed E-state index contributed by atoms with van der Waals surface area (Å²) in [4.78, 5) is 37.1. The number of esters is 1. The van der Waals surface area contributed by atoms with Crippen LogP contribution in [0.4, 0.5) is 9.18 Å². The van der Waals surface area contributed by atoms with Crippen LogP contribution >= 0.6 is 0 Å². The Hall–Kier alpha value is -3.42. The quantitative estimate of drug-likeness (QED) is 0.546. The van der Waals surface area contributed by atoms with Crippen molar-refractivity contribution < 1.29 is 28.2 Å². The van der Waals surface area contributed by atoms with Crippen LogP contribution in [0.2, 0.25) is 0 Å². The second-order valence-corrected chi connectivity index (χ2v) is 7.69. The van der Waals surface area contributed by atoms with E-state index in [0.29, 0.717) is 12.0 Å². The lowest BCUT2D eigenvalue weighted by molar-refractivity contribution is -0.146. The zero-order valence-electron chi connectivity index (χ0n) is 18.5. The van der Waals surface area contributed by atoms with Gasteiger partial charge in [-0.3, -0.25) is 4.79 Å². The number of aryl methyl sites for hydroxylation is 1. The predicted molar refractivity (Wildman–Crippen MR) is 117 cm³/mol. The minimum atomic E-state index is -1.17. The molecule has 0 heterocycles. The van der Waals surface area contributed by atoms with E-state index in [9.17, 15) is 18.8 Å². The molecule has 2 amide bonds. The summed E-state index contributed by atoms with van der Waals surface area (Å²) in [6.45, 7) is 5.54. The summed E-state index contributed by atoms with van der Waals surface area (Å²) in [5, 5.41) is 4.98.